The van der Waals surface area contributed by atoms with Crippen LogP contribution >= 0.6 is 11.8 Å². The summed E-state index contributed by atoms with van der Waals surface area (Å²) >= 11 is 1.73. The lowest BCUT2D eigenvalue weighted by Crippen LogP contribution is -2.37. The van der Waals surface area contributed by atoms with Gasteiger partial charge in [0, 0.05) is 19.6 Å². The zero-order valence-corrected chi connectivity index (χ0v) is 13.5. The molecule has 2 rings (SSSR count). The van der Waals surface area contributed by atoms with Crippen LogP contribution in [0.4, 0.5) is 0 Å². The Hall–Kier alpha value is -1.04. The lowest BCUT2D eigenvalue weighted by molar-refractivity contribution is -0.164. The van der Waals surface area contributed by atoms with E-state index in [-0.39, 0.29) is 12.1 Å². The summed E-state index contributed by atoms with van der Waals surface area (Å²) in [6, 6.07) is 9.91. The van der Waals surface area contributed by atoms with E-state index in [0.29, 0.717) is 12.4 Å². The molecule has 0 unspecified atom stereocenters. The lowest BCUT2D eigenvalue weighted by atomic mass is 10.2. The van der Waals surface area contributed by atoms with Gasteiger partial charge in [-0.2, -0.15) is 11.8 Å². The zero-order chi connectivity index (χ0) is 15.3. The second-order valence-electron chi connectivity index (χ2n) is 5.35. The maximum atomic E-state index is 12.0. The molecular weight excluding hydrogens is 288 g/mol. The number of rotatable bonds is 7. The van der Waals surface area contributed by atoms with Crippen LogP contribution in [0, 0.1) is 0 Å². The van der Waals surface area contributed by atoms with Crippen molar-refractivity contribution in [2.45, 2.75) is 45.4 Å². The molecule has 0 bridgehead atoms. The molecule has 0 radical (unpaired) electrons. The molecule has 1 saturated heterocycles. The van der Waals surface area contributed by atoms with Crippen molar-refractivity contribution in [3.05, 3.63) is 35.9 Å². The first-order chi connectivity index (χ1) is 10.0. The van der Waals surface area contributed by atoms with E-state index in [4.69, 9.17) is 14.2 Å². The van der Waals surface area contributed by atoms with E-state index in [2.05, 4.69) is 6.92 Å². The SMILES string of the molecule is CCSC[C@H](OCc1ccccc1)[C@H]1OC(C)(C)OC1=O. The number of ether oxygens (including phenoxy) is 3. The Balaban J connectivity index is 1.99. The predicted octanol–water partition coefficient (Wildman–Crippen LogP) is 3.00. The Bertz CT molecular complexity index is 461. The highest BCUT2D eigenvalue weighted by molar-refractivity contribution is 7.99. The molecule has 21 heavy (non-hydrogen) atoms. The lowest BCUT2D eigenvalue weighted by Gasteiger charge is -2.22. The number of thioether (sulfide) groups is 1. The van der Waals surface area contributed by atoms with Gasteiger partial charge < -0.3 is 14.2 Å². The van der Waals surface area contributed by atoms with E-state index in [9.17, 15) is 4.79 Å². The van der Waals surface area contributed by atoms with Crippen LogP contribution in [-0.4, -0.2) is 35.5 Å². The Morgan fingerprint density at radius 1 is 1.33 bits per heavy atom. The standard InChI is InChI=1S/C16H22O4S/c1-4-21-11-13(14-15(17)20-16(2,3)19-14)18-10-12-8-6-5-7-9-12/h5-9,13-14H,4,10-11H2,1-3H3/t13-,14+/m0/s1. The van der Waals surface area contributed by atoms with Gasteiger partial charge in [-0.3, -0.25) is 0 Å². The molecular formula is C16H22O4S. The average Bonchev–Trinajstić information content (AvgIpc) is 2.73. The fraction of sp³-hybridized carbons (Fsp3) is 0.562. The average molecular weight is 310 g/mol. The fourth-order valence-corrected chi connectivity index (χ4v) is 2.88. The first-order valence-electron chi connectivity index (χ1n) is 7.16. The van der Waals surface area contributed by atoms with Crippen molar-refractivity contribution in [2.75, 3.05) is 11.5 Å². The molecule has 0 saturated carbocycles. The molecule has 4 nitrogen and oxygen atoms in total. The second kappa shape index (κ2) is 7.29. The molecule has 1 fully saturated rings. The molecule has 1 aromatic carbocycles. The summed E-state index contributed by atoms with van der Waals surface area (Å²) in [5.74, 6) is 0.470. The van der Waals surface area contributed by atoms with Crippen LogP contribution in [0.25, 0.3) is 0 Å². The van der Waals surface area contributed by atoms with Gasteiger partial charge in [0.15, 0.2) is 6.10 Å². The number of esters is 1. The van der Waals surface area contributed by atoms with Crippen LogP contribution in [0.3, 0.4) is 0 Å². The van der Waals surface area contributed by atoms with E-state index < -0.39 is 11.9 Å². The molecule has 0 amide bonds. The Morgan fingerprint density at radius 3 is 2.62 bits per heavy atom. The number of cyclic esters (lactones) is 1. The molecule has 1 aliphatic heterocycles. The summed E-state index contributed by atoms with van der Waals surface area (Å²) in [6.07, 6.45) is -0.952. The summed E-state index contributed by atoms with van der Waals surface area (Å²) in [5.41, 5.74) is 1.08. The van der Waals surface area contributed by atoms with E-state index in [1.54, 1.807) is 25.6 Å². The minimum Gasteiger partial charge on any atom is -0.432 e. The van der Waals surface area contributed by atoms with E-state index in [0.717, 1.165) is 11.3 Å². The monoisotopic (exact) mass is 310 g/mol. The summed E-state index contributed by atoms with van der Waals surface area (Å²) < 4.78 is 16.9. The normalized spacial score (nSPS) is 22.0. The largest absolute Gasteiger partial charge is 0.432 e. The van der Waals surface area contributed by atoms with Crippen molar-refractivity contribution in [1.29, 1.82) is 0 Å². The molecule has 0 spiro atoms. The number of benzene rings is 1. The van der Waals surface area contributed by atoms with Gasteiger partial charge in [0.2, 0.25) is 5.79 Å². The van der Waals surface area contributed by atoms with Gasteiger partial charge in [-0.05, 0) is 11.3 Å². The zero-order valence-electron chi connectivity index (χ0n) is 12.7. The quantitative estimate of drug-likeness (QED) is 0.724. The van der Waals surface area contributed by atoms with Gasteiger partial charge in [0.05, 0.1) is 6.61 Å². The third-order valence-corrected chi connectivity index (χ3v) is 4.09. The van der Waals surface area contributed by atoms with Gasteiger partial charge in [0.25, 0.3) is 0 Å². The minimum absolute atomic E-state index is 0.301. The van der Waals surface area contributed by atoms with Crippen LogP contribution in [0.5, 0.6) is 0 Å². The first-order valence-corrected chi connectivity index (χ1v) is 8.31. The number of hydrogen-bond acceptors (Lipinski definition) is 5. The Morgan fingerprint density at radius 2 is 2.05 bits per heavy atom. The van der Waals surface area contributed by atoms with Crippen molar-refractivity contribution in [2.24, 2.45) is 0 Å². The van der Waals surface area contributed by atoms with Gasteiger partial charge in [-0.25, -0.2) is 4.79 Å². The Labute approximate surface area is 130 Å². The van der Waals surface area contributed by atoms with E-state index >= 15 is 0 Å². The highest BCUT2D eigenvalue weighted by atomic mass is 32.2. The molecule has 0 N–H and O–H groups in total. The molecule has 1 aromatic rings. The molecule has 0 aliphatic carbocycles. The summed E-state index contributed by atoms with van der Waals surface area (Å²) in [7, 11) is 0. The van der Waals surface area contributed by atoms with E-state index in [1.807, 2.05) is 30.3 Å². The minimum atomic E-state index is -0.868. The third-order valence-electron chi connectivity index (χ3n) is 3.12. The molecule has 1 aliphatic rings. The van der Waals surface area contributed by atoms with E-state index in [1.165, 1.54) is 0 Å². The van der Waals surface area contributed by atoms with Crippen LogP contribution < -0.4 is 0 Å². The van der Waals surface area contributed by atoms with Gasteiger partial charge in [0.1, 0.15) is 6.10 Å². The fourth-order valence-electron chi connectivity index (χ4n) is 2.14. The maximum absolute atomic E-state index is 12.0. The topological polar surface area (TPSA) is 44.8 Å². The van der Waals surface area contributed by atoms with Gasteiger partial charge >= 0.3 is 5.97 Å². The summed E-state index contributed by atoms with van der Waals surface area (Å²) in [4.78, 5) is 12.0. The molecule has 5 heteroatoms. The molecule has 2 atom stereocenters. The van der Waals surface area contributed by atoms with Crippen molar-refractivity contribution >= 4 is 17.7 Å². The van der Waals surface area contributed by atoms with Crippen LogP contribution in [-0.2, 0) is 25.6 Å². The highest BCUT2D eigenvalue weighted by Crippen LogP contribution is 2.28. The highest BCUT2D eigenvalue weighted by Gasteiger charge is 2.45. The van der Waals surface area contributed by atoms with Gasteiger partial charge in [-0.15, -0.1) is 0 Å². The molecule has 1 heterocycles. The van der Waals surface area contributed by atoms with Crippen molar-refractivity contribution in [3.8, 4) is 0 Å². The Kier molecular flexibility index (Phi) is 5.67. The van der Waals surface area contributed by atoms with Gasteiger partial charge in [-0.1, -0.05) is 37.3 Å². The third kappa shape index (κ3) is 4.73. The van der Waals surface area contributed by atoms with Crippen LogP contribution in [0.2, 0.25) is 0 Å². The predicted molar refractivity (Wildman–Crippen MR) is 83.1 cm³/mol. The number of carbonyl (C=O) groups excluding carboxylic acids is 1. The smallest absolute Gasteiger partial charge is 0.340 e. The molecule has 116 valence electrons. The van der Waals surface area contributed by atoms with Crippen LogP contribution in [0.1, 0.15) is 26.3 Å². The van der Waals surface area contributed by atoms with Crippen molar-refractivity contribution in [1.82, 2.24) is 0 Å². The van der Waals surface area contributed by atoms with Crippen molar-refractivity contribution < 1.29 is 19.0 Å². The number of hydrogen-bond donors (Lipinski definition) is 0. The number of carbonyl (C=O) groups is 1. The molecule has 0 aromatic heterocycles. The second-order valence-corrected chi connectivity index (χ2v) is 6.67. The van der Waals surface area contributed by atoms with Crippen LogP contribution in [0.15, 0.2) is 30.3 Å². The van der Waals surface area contributed by atoms with Crippen molar-refractivity contribution in [3.63, 3.8) is 0 Å². The maximum Gasteiger partial charge on any atom is 0.340 e. The summed E-state index contributed by atoms with van der Waals surface area (Å²) in [5, 5.41) is 0. The summed E-state index contributed by atoms with van der Waals surface area (Å²) in [6.45, 7) is 6.03. The first kappa shape index (κ1) is 16.3.